The van der Waals surface area contributed by atoms with Gasteiger partial charge in [-0.1, -0.05) is 13.3 Å². The van der Waals surface area contributed by atoms with E-state index in [0.717, 1.165) is 26.4 Å². The standard InChI is InChI=1S/C8H16O2/c1-2-3-4-9-5-8-6-10-7-8/h8H,2-7H2,1H3. The van der Waals surface area contributed by atoms with Crippen LogP contribution < -0.4 is 0 Å². The van der Waals surface area contributed by atoms with Gasteiger partial charge in [0.1, 0.15) is 0 Å². The van der Waals surface area contributed by atoms with Crippen molar-refractivity contribution >= 4 is 0 Å². The normalized spacial score (nSPS) is 18.9. The molecule has 0 aromatic carbocycles. The molecule has 0 radical (unpaired) electrons. The lowest BCUT2D eigenvalue weighted by atomic mass is 10.1. The van der Waals surface area contributed by atoms with Crippen LogP contribution >= 0.6 is 0 Å². The summed E-state index contributed by atoms with van der Waals surface area (Å²) < 4.78 is 10.4. The molecule has 1 rings (SSSR count). The van der Waals surface area contributed by atoms with Crippen LogP contribution in [-0.4, -0.2) is 26.4 Å². The van der Waals surface area contributed by atoms with E-state index in [1.165, 1.54) is 12.8 Å². The van der Waals surface area contributed by atoms with E-state index in [1.54, 1.807) is 0 Å². The van der Waals surface area contributed by atoms with Gasteiger partial charge in [0.05, 0.1) is 19.8 Å². The number of unbranched alkanes of at least 4 members (excludes halogenated alkanes) is 1. The minimum Gasteiger partial charge on any atom is -0.381 e. The molecule has 10 heavy (non-hydrogen) atoms. The zero-order valence-corrected chi connectivity index (χ0v) is 6.64. The van der Waals surface area contributed by atoms with Gasteiger partial charge in [0.25, 0.3) is 0 Å². The van der Waals surface area contributed by atoms with Crippen molar-refractivity contribution in [1.82, 2.24) is 0 Å². The van der Waals surface area contributed by atoms with E-state index >= 15 is 0 Å². The van der Waals surface area contributed by atoms with E-state index in [1.807, 2.05) is 0 Å². The second kappa shape index (κ2) is 4.69. The molecule has 0 atom stereocenters. The highest BCUT2D eigenvalue weighted by Gasteiger charge is 2.17. The third-order valence-electron chi connectivity index (χ3n) is 1.70. The van der Waals surface area contributed by atoms with Gasteiger partial charge >= 0.3 is 0 Å². The summed E-state index contributed by atoms with van der Waals surface area (Å²) in [7, 11) is 0. The molecule has 1 heterocycles. The molecule has 0 saturated carbocycles. The smallest absolute Gasteiger partial charge is 0.0538 e. The Hall–Kier alpha value is -0.0800. The van der Waals surface area contributed by atoms with Crippen LogP contribution in [-0.2, 0) is 9.47 Å². The Labute approximate surface area is 62.5 Å². The summed E-state index contributed by atoms with van der Waals surface area (Å²) in [5, 5.41) is 0. The molecule has 0 spiro atoms. The fourth-order valence-electron chi connectivity index (χ4n) is 0.877. The zero-order chi connectivity index (χ0) is 7.23. The molecular formula is C8H16O2. The largest absolute Gasteiger partial charge is 0.381 e. The molecule has 0 aromatic rings. The monoisotopic (exact) mass is 144 g/mol. The Morgan fingerprint density at radius 2 is 2.30 bits per heavy atom. The van der Waals surface area contributed by atoms with Gasteiger partial charge in [-0.25, -0.2) is 0 Å². The molecule has 0 N–H and O–H groups in total. The van der Waals surface area contributed by atoms with E-state index in [4.69, 9.17) is 9.47 Å². The Bertz CT molecular complexity index is 79.3. The molecule has 60 valence electrons. The zero-order valence-electron chi connectivity index (χ0n) is 6.64. The lowest BCUT2D eigenvalue weighted by Gasteiger charge is -2.25. The molecule has 1 aliphatic rings. The highest BCUT2D eigenvalue weighted by molar-refractivity contribution is 4.63. The average Bonchev–Trinajstić information content (AvgIpc) is 1.84. The second-order valence-electron chi connectivity index (χ2n) is 2.83. The lowest BCUT2D eigenvalue weighted by Crippen LogP contribution is -2.31. The third-order valence-corrected chi connectivity index (χ3v) is 1.70. The van der Waals surface area contributed by atoms with Crippen LogP contribution in [0, 0.1) is 5.92 Å². The lowest BCUT2D eigenvalue weighted by molar-refractivity contribution is -0.0717. The molecule has 0 bridgehead atoms. The average molecular weight is 144 g/mol. The highest BCUT2D eigenvalue weighted by atomic mass is 16.5. The topological polar surface area (TPSA) is 18.5 Å². The maximum atomic E-state index is 5.40. The highest BCUT2D eigenvalue weighted by Crippen LogP contribution is 2.09. The minimum atomic E-state index is 0.692. The van der Waals surface area contributed by atoms with Crippen LogP contribution in [0.1, 0.15) is 19.8 Å². The van der Waals surface area contributed by atoms with Gasteiger partial charge in [0.2, 0.25) is 0 Å². The first-order valence-electron chi connectivity index (χ1n) is 4.09. The van der Waals surface area contributed by atoms with Crippen molar-refractivity contribution in [2.24, 2.45) is 5.92 Å². The van der Waals surface area contributed by atoms with Gasteiger partial charge in [-0.15, -0.1) is 0 Å². The Morgan fingerprint density at radius 3 is 2.80 bits per heavy atom. The first-order valence-corrected chi connectivity index (χ1v) is 4.09. The fraction of sp³-hybridized carbons (Fsp3) is 1.00. The fourth-order valence-corrected chi connectivity index (χ4v) is 0.877. The van der Waals surface area contributed by atoms with E-state index in [-0.39, 0.29) is 0 Å². The number of ether oxygens (including phenoxy) is 2. The van der Waals surface area contributed by atoms with E-state index < -0.39 is 0 Å². The molecular weight excluding hydrogens is 128 g/mol. The molecule has 0 unspecified atom stereocenters. The second-order valence-corrected chi connectivity index (χ2v) is 2.83. The molecule has 1 aliphatic heterocycles. The van der Waals surface area contributed by atoms with E-state index in [0.29, 0.717) is 5.92 Å². The summed E-state index contributed by atoms with van der Waals surface area (Å²) in [6.45, 7) is 5.82. The SMILES string of the molecule is CCCCOCC1COC1. The molecule has 1 fully saturated rings. The first-order chi connectivity index (χ1) is 4.93. The van der Waals surface area contributed by atoms with Gasteiger partial charge in [0.15, 0.2) is 0 Å². The number of hydrogen-bond donors (Lipinski definition) is 0. The maximum absolute atomic E-state index is 5.40. The molecule has 2 nitrogen and oxygen atoms in total. The first kappa shape index (κ1) is 8.02. The Balaban J connectivity index is 1.76. The predicted molar refractivity (Wildman–Crippen MR) is 40.0 cm³/mol. The van der Waals surface area contributed by atoms with Crippen LogP contribution in [0.2, 0.25) is 0 Å². The van der Waals surface area contributed by atoms with Crippen LogP contribution in [0.4, 0.5) is 0 Å². The van der Waals surface area contributed by atoms with Gasteiger partial charge in [-0.05, 0) is 6.42 Å². The minimum absolute atomic E-state index is 0.692. The van der Waals surface area contributed by atoms with Gasteiger partial charge in [0, 0.05) is 12.5 Å². The summed E-state index contributed by atoms with van der Waals surface area (Å²) in [5.74, 6) is 0.692. The van der Waals surface area contributed by atoms with Gasteiger partial charge < -0.3 is 9.47 Å². The molecule has 1 saturated heterocycles. The third kappa shape index (κ3) is 2.67. The Morgan fingerprint density at radius 1 is 1.50 bits per heavy atom. The quantitative estimate of drug-likeness (QED) is 0.544. The van der Waals surface area contributed by atoms with E-state index in [9.17, 15) is 0 Å². The summed E-state index contributed by atoms with van der Waals surface area (Å²) in [6.07, 6.45) is 2.41. The predicted octanol–water partition coefficient (Wildman–Crippen LogP) is 1.45. The molecule has 2 heteroatoms. The van der Waals surface area contributed by atoms with Crippen LogP contribution in [0.25, 0.3) is 0 Å². The maximum Gasteiger partial charge on any atom is 0.0538 e. The van der Waals surface area contributed by atoms with Crippen molar-refractivity contribution < 1.29 is 9.47 Å². The van der Waals surface area contributed by atoms with Crippen LogP contribution in [0.3, 0.4) is 0 Å². The molecule has 0 aromatic heterocycles. The number of hydrogen-bond acceptors (Lipinski definition) is 2. The summed E-state index contributed by atoms with van der Waals surface area (Å²) >= 11 is 0. The van der Waals surface area contributed by atoms with Crippen LogP contribution in [0.15, 0.2) is 0 Å². The summed E-state index contributed by atoms with van der Waals surface area (Å²) in [5.41, 5.74) is 0. The van der Waals surface area contributed by atoms with Gasteiger partial charge in [-0.3, -0.25) is 0 Å². The van der Waals surface area contributed by atoms with Crippen molar-refractivity contribution in [1.29, 1.82) is 0 Å². The van der Waals surface area contributed by atoms with Crippen molar-refractivity contribution in [3.63, 3.8) is 0 Å². The number of rotatable bonds is 5. The molecule has 0 amide bonds. The van der Waals surface area contributed by atoms with Crippen molar-refractivity contribution in [3.8, 4) is 0 Å². The summed E-state index contributed by atoms with van der Waals surface area (Å²) in [6, 6.07) is 0. The molecule has 0 aliphatic carbocycles. The Kier molecular flexibility index (Phi) is 3.76. The van der Waals surface area contributed by atoms with Crippen molar-refractivity contribution in [2.75, 3.05) is 26.4 Å². The van der Waals surface area contributed by atoms with E-state index in [2.05, 4.69) is 6.92 Å². The summed E-state index contributed by atoms with van der Waals surface area (Å²) in [4.78, 5) is 0. The van der Waals surface area contributed by atoms with Crippen molar-refractivity contribution in [3.05, 3.63) is 0 Å². The van der Waals surface area contributed by atoms with Crippen molar-refractivity contribution in [2.45, 2.75) is 19.8 Å². The van der Waals surface area contributed by atoms with Gasteiger partial charge in [-0.2, -0.15) is 0 Å². The van der Waals surface area contributed by atoms with Crippen LogP contribution in [0.5, 0.6) is 0 Å².